The van der Waals surface area contributed by atoms with Crippen LogP contribution < -0.4 is 9.47 Å². The fourth-order valence-electron chi connectivity index (χ4n) is 3.99. The summed E-state index contributed by atoms with van der Waals surface area (Å²) in [6.07, 6.45) is 2.27. The minimum Gasteiger partial charge on any atom is -0.493 e. The van der Waals surface area contributed by atoms with E-state index in [0.717, 1.165) is 36.3 Å². The van der Waals surface area contributed by atoms with Gasteiger partial charge in [-0.3, -0.25) is 4.79 Å². The summed E-state index contributed by atoms with van der Waals surface area (Å²) in [7, 11) is 0. The first-order valence-electron chi connectivity index (χ1n) is 8.22. The van der Waals surface area contributed by atoms with E-state index in [9.17, 15) is 4.79 Å². The van der Waals surface area contributed by atoms with E-state index >= 15 is 0 Å². The largest absolute Gasteiger partial charge is 0.493 e. The number of ether oxygens (including phenoxy) is 2. The molecule has 3 saturated carbocycles. The minimum absolute atomic E-state index is 0.0981. The second-order valence-corrected chi connectivity index (χ2v) is 7.15. The molecule has 124 valence electrons. The molecule has 0 heterocycles. The van der Waals surface area contributed by atoms with Gasteiger partial charge in [-0.25, -0.2) is 0 Å². The highest BCUT2D eigenvalue weighted by atomic mass is 16.5. The smallest absolute Gasteiger partial charge is 0.309 e. The molecule has 0 aliphatic heterocycles. The highest BCUT2D eigenvalue weighted by Gasteiger charge is 2.72. The first-order valence-corrected chi connectivity index (χ1v) is 8.22. The molecule has 0 saturated heterocycles. The third-order valence-electron chi connectivity index (χ3n) is 5.21. The SMILES string of the molecule is O=C(O)C12CC(COc3ccc(OCc4ccccc4)cc3)(C1)C2. The van der Waals surface area contributed by atoms with Crippen molar-refractivity contribution in [1.82, 2.24) is 0 Å². The standard InChI is InChI=1S/C20H20O4/c21-18(22)20-11-19(12-20,13-20)14-24-17-8-6-16(7-9-17)23-10-15-4-2-1-3-5-15/h1-9H,10-14H2,(H,21,22). The lowest BCUT2D eigenvalue weighted by Gasteiger charge is -2.67. The molecule has 2 bridgehead atoms. The Kier molecular flexibility index (Phi) is 3.48. The number of aliphatic carboxylic acids is 1. The Morgan fingerprint density at radius 2 is 1.50 bits per heavy atom. The Hall–Kier alpha value is -2.49. The van der Waals surface area contributed by atoms with Gasteiger partial charge in [0.2, 0.25) is 0 Å². The predicted molar refractivity (Wildman–Crippen MR) is 89.1 cm³/mol. The van der Waals surface area contributed by atoms with Gasteiger partial charge in [-0.05, 0) is 49.1 Å². The number of benzene rings is 2. The molecule has 0 radical (unpaired) electrons. The number of carboxylic acids is 1. The van der Waals surface area contributed by atoms with Gasteiger partial charge in [0, 0.05) is 5.41 Å². The van der Waals surface area contributed by atoms with Crippen LogP contribution in [0.2, 0.25) is 0 Å². The van der Waals surface area contributed by atoms with Crippen molar-refractivity contribution < 1.29 is 19.4 Å². The van der Waals surface area contributed by atoms with Crippen LogP contribution in [0.1, 0.15) is 24.8 Å². The second kappa shape index (κ2) is 5.55. The summed E-state index contributed by atoms with van der Waals surface area (Å²) in [5, 5.41) is 9.14. The van der Waals surface area contributed by atoms with Crippen molar-refractivity contribution in [3.05, 3.63) is 60.2 Å². The van der Waals surface area contributed by atoms with Crippen LogP contribution in [0.4, 0.5) is 0 Å². The average Bonchev–Trinajstić information content (AvgIpc) is 2.52. The van der Waals surface area contributed by atoms with Crippen LogP contribution in [0, 0.1) is 10.8 Å². The van der Waals surface area contributed by atoms with Gasteiger partial charge < -0.3 is 14.6 Å². The van der Waals surface area contributed by atoms with Gasteiger partial charge in [0.25, 0.3) is 0 Å². The maximum atomic E-state index is 11.1. The summed E-state index contributed by atoms with van der Waals surface area (Å²) in [6, 6.07) is 17.6. The molecule has 0 unspecified atom stereocenters. The van der Waals surface area contributed by atoms with Crippen LogP contribution >= 0.6 is 0 Å². The minimum atomic E-state index is -0.649. The number of hydrogen-bond acceptors (Lipinski definition) is 3. The highest BCUT2D eigenvalue weighted by molar-refractivity contribution is 5.79. The van der Waals surface area contributed by atoms with Crippen molar-refractivity contribution in [2.24, 2.45) is 10.8 Å². The molecular formula is C20H20O4. The molecule has 5 rings (SSSR count). The number of hydrogen-bond donors (Lipinski definition) is 1. The molecule has 3 aliphatic rings. The topological polar surface area (TPSA) is 55.8 Å². The lowest BCUT2D eigenvalue weighted by atomic mass is 9.35. The molecule has 0 amide bonds. The molecule has 24 heavy (non-hydrogen) atoms. The van der Waals surface area contributed by atoms with Crippen molar-refractivity contribution in [3.8, 4) is 11.5 Å². The van der Waals surface area contributed by atoms with Gasteiger partial charge in [-0.2, -0.15) is 0 Å². The van der Waals surface area contributed by atoms with E-state index in [1.54, 1.807) is 0 Å². The van der Waals surface area contributed by atoms with Crippen molar-refractivity contribution in [2.45, 2.75) is 25.9 Å². The Morgan fingerprint density at radius 1 is 0.917 bits per heavy atom. The summed E-state index contributed by atoms with van der Waals surface area (Å²) < 4.78 is 11.6. The summed E-state index contributed by atoms with van der Waals surface area (Å²) in [6.45, 7) is 1.15. The monoisotopic (exact) mass is 324 g/mol. The molecule has 0 aromatic heterocycles. The lowest BCUT2D eigenvalue weighted by molar-refractivity contribution is -0.231. The van der Waals surface area contributed by atoms with E-state index in [1.165, 1.54) is 0 Å². The van der Waals surface area contributed by atoms with E-state index < -0.39 is 11.4 Å². The van der Waals surface area contributed by atoms with Gasteiger partial charge in [-0.1, -0.05) is 30.3 Å². The van der Waals surface area contributed by atoms with Crippen molar-refractivity contribution in [2.75, 3.05) is 6.61 Å². The molecule has 1 N–H and O–H groups in total. The van der Waals surface area contributed by atoms with E-state index in [4.69, 9.17) is 14.6 Å². The summed E-state index contributed by atoms with van der Waals surface area (Å²) in [4.78, 5) is 11.1. The van der Waals surface area contributed by atoms with Crippen LogP contribution in [0.3, 0.4) is 0 Å². The first-order chi connectivity index (χ1) is 11.6. The molecule has 0 spiro atoms. The van der Waals surface area contributed by atoms with Gasteiger partial charge in [-0.15, -0.1) is 0 Å². The number of carboxylic acid groups (broad SMARTS) is 1. The predicted octanol–water partition coefficient (Wildman–Crippen LogP) is 3.90. The van der Waals surface area contributed by atoms with Crippen molar-refractivity contribution in [3.63, 3.8) is 0 Å². The molecular weight excluding hydrogens is 304 g/mol. The lowest BCUT2D eigenvalue weighted by Crippen LogP contribution is -2.67. The molecule has 3 aliphatic carbocycles. The average molecular weight is 324 g/mol. The number of rotatable bonds is 7. The van der Waals surface area contributed by atoms with E-state index in [-0.39, 0.29) is 5.41 Å². The van der Waals surface area contributed by atoms with Gasteiger partial charge in [0.15, 0.2) is 0 Å². The third kappa shape index (κ3) is 2.62. The van der Waals surface area contributed by atoms with Gasteiger partial charge in [0.05, 0.1) is 12.0 Å². The first kappa shape index (κ1) is 15.1. The van der Waals surface area contributed by atoms with Crippen molar-refractivity contribution >= 4 is 5.97 Å². The molecule has 2 aromatic rings. The van der Waals surface area contributed by atoms with Crippen LogP contribution in [-0.4, -0.2) is 17.7 Å². The summed E-state index contributed by atoms with van der Waals surface area (Å²) >= 11 is 0. The normalized spacial score (nSPS) is 26.8. The number of carbonyl (C=O) groups is 1. The Bertz CT molecular complexity index is 716. The molecule has 4 heteroatoms. The van der Waals surface area contributed by atoms with Crippen molar-refractivity contribution in [1.29, 1.82) is 0 Å². The molecule has 4 nitrogen and oxygen atoms in total. The van der Waals surface area contributed by atoms with Crippen LogP contribution in [0.25, 0.3) is 0 Å². The third-order valence-corrected chi connectivity index (χ3v) is 5.21. The quantitative estimate of drug-likeness (QED) is 0.839. The Balaban J connectivity index is 1.26. The zero-order valence-corrected chi connectivity index (χ0v) is 13.4. The molecule has 3 fully saturated rings. The van der Waals surface area contributed by atoms with E-state index in [2.05, 4.69) is 0 Å². The Labute approximate surface area is 141 Å². The fourth-order valence-corrected chi connectivity index (χ4v) is 3.99. The Morgan fingerprint density at radius 3 is 2.08 bits per heavy atom. The van der Waals surface area contributed by atoms with Crippen LogP contribution in [-0.2, 0) is 11.4 Å². The van der Waals surface area contributed by atoms with E-state index in [1.807, 2.05) is 54.6 Å². The second-order valence-electron chi connectivity index (χ2n) is 7.15. The van der Waals surface area contributed by atoms with Crippen LogP contribution in [0.15, 0.2) is 54.6 Å². The summed E-state index contributed by atoms with van der Waals surface area (Å²) in [5.41, 5.74) is 0.799. The molecule has 2 aromatic carbocycles. The zero-order valence-electron chi connectivity index (χ0n) is 13.4. The van der Waals surface area contributed by atoms with Crippen LogP contribution in [0.5, 0.6) is 11.5 Å². The van der Waals surface area contributed by atoms with Gasteiger partial charge >= 0.3 is 5.97 Å². The summed E-state index contributed by atoms with van der Waals surface area (Å²) in [5.74, 6) is 0.960. The van der Waals surface area contributed by atoms with E-state index in [0.29, 0.717) is 13.2 Å². The maximum absolute atomic E-state index is 11.1. The fraction of sp³-hybridized carbons (Fsp3) is 0.350. The highest BCUT2D eigenvalue weighted by Crippen LogP contribution is 2.73. The molecule has 0 atom stereocenters. The zero-order chi connectivity index (χ0) is 16.6. The van der Waals surface area contributed by atoms with Gasteiger partial charge in [0.1, 0.15) is 18.1 Å². The maximum Gasteiger partial charge on any atom is 0.309 e.